The van der Waals surface area contributed by atoms with E-state index in [0.717, 1.165) is 0 Å². The minimum atomic E-state index is -0.269. The summed E-state index contributed by atoms with van der Waals surface area (Å²) in [7, 11) is 1.49. The van der Waals surface area contributed by atoms with Crippen molar-refractivity contribution in [3.8, 4) is 5.75 Å². The summed E-state index contributed by atoms with van der Waals surface area (Å²) in [4.78, 5) is 26.5. The fourth-order valence-electron chi connectivity index (χ4n) is 1.55. The highest BCUT2D eigenvalue weighted by Gasteiger charge is 2.08. The fourth-order valence-corrected chi connectivity index (χ4v) is 1.55. The summed E-state index contributed by atoms with van der Waals surface area (Å²) >= 11 is 0. The van der Waals surface area contributed by atoms with Gasteiger partial charge in [-0.15, -0.1) is 0 Å². The Morgan fingerprint density at radius 2 is 2.31 bits per heavy atom. The van der Waals surface area contributed by atoms with E-state index in [1.165, 1.54) is 18.0 Å². The van der Waals surface area contributed by atoms with Crippen molar-refractivity contribution in [3.05, 3.63) is 34.9 Å². The van der Waals surface area contributed by atoms with E-state index < -0.39 is 0 Å². The molecular weight excluding hydrogens is 208 g/mol. The van der Waals surface area contributed by atoms with Gasteiger partial charge in [0.25, 0.3) is 5.56 Å². The molecule has 0 atom stereocenters. The minimum Gasteiger partial charge on any atom is -0.496 e. The lowest BCUT2D eigenvalue weighted by Crippen LogP contribution is -2.21. The number of fused-ring (bicyclic) bond motifs is 1. The van der Waals surface area contributed by atoms with Gasteiger partial charge in [-0.1, -0.05) is 6.07 Å². The van der Waals surface area contributed by atoms with Crippen LogP contribution in [0, 0.1) is 0 Å². The molecule has 5 heteroatoms. The number of nitrogens with zero attached hydrogens (tertiary/aromatic N) is 2. The average molecular weight is 218 g/mol. The number of rotatable bonds is 3. The number of ether oxygens (including phenoxy) is 1. The van der Waals surface area contributed by atoms with E-state index >= 15 is 0 Å². The number of benzene rings is 1. The number of carbonyl (C=O) groups excluding carboxylic acids is 1. The van der Waals surface area contributed by atoms with Crippen LogP contribution in [0.15, 0.2) is 29.3 Å². The highest BCUT2D eigenvalue weighted by Crippen LogP contribution is 2.19. The van der Waals surface area contributed by atoms with Crippen molar-refractivity contribution in [2.24, 2.45) is 0 Å². The lowest BCUT2D eigenvalue weighted by Gasteiger charge is -2.06. The summed E-state index contributed by atoms with van der Waals surface area (Å²) in [5.41, 5.74) is 0.293. The number of methoxy groups -OCH3 is 1. The van der Waals surface area contributed by atoms with Crippen molar-refractivity contribution in [3.63, 3.8) is 0 Å². The smallest absolute Gasteiger partial charge is 0.265 e. The fraction of sp³-hybridized carbons (Fsp3) is 0.182. The van der Waals surface area contributed by atoms with Crippen molar-refractivity contribution >= 4 is 17.2 Å². The molecule has 0 aliphatic heterocycles. The normalized spacial score (nSPS) is 10.3. The molecule has 5 nitrogen and oxygen atoms in total. The second kappa shape index (κ2) is 4.14. The van der Waals surface area contributed by atoms with Crippen LogP contribution in [0.25, 0.3) is 10.9 Å². The average Bonchev–Trinajstić information content (AvgIpc) is 2.32. The molecule has 0 radical (unpaired) electrons. The molecule has 82 valence electrons. The Labute approximate surface area is 91.3 Å². The molecular formula is C11H10N2O3. The monoisotopic (exact) mass is 218 g/mol. The largest absolute Gasteiger partial charge is 0.496 e. The maximum absolute atomic E-state index is 12.0. The first-order valence-electron chi connectivity index (χ1n) is 4.73. The number of hydrogen-bond donors (Lipinski definition) is 0. The quantitative estimate of drug-likeness (QED) is 0.708. The van der Waals surface area contributed by atoms with Gasteiger partial charge in [-0.3, -0.25) is 9.36 Å². The zero-order valence-corrected chi connectivity index (χ0v) is 8.71. The number of hydrogen-bond acceptors (Lipinski definition) is 4. The standard InChI is InChI=1S/C11H10N2O3/c1-16-9-4-2-3-8-10(9)11(15)13(5-6-14)7-12-8/h2-4,6-7H,5H2,1H3. The molecule has 0 bridgehead atoms. The highest BCUT2D eigenvalue weighted by molar-refractivity contribution is 5.84. The third-order valence-electron chi connectivity index (χ3n) is 2.31. The predicted octanol–water partition coefficient (Wildman–Crippen LogP) is 0.604. The van der Waals surface area contributed by atoms with Gasteiger partial charge in [-0.25, -0.2) is 4.98 Å². The Kier molecular flexibility index (Phi) is 2.68. The Hall–Kier alpha value is -2.17. The molecule has 0 unspecified atom stereocenters. The molecule has 0 spiro atoms. The first kappa shape index (κ1) is 10.4. The first-order chi connectivity index (χ1) is 7.77. The molecule has 16 heavy (non-hydrogen) atoms. The Bertz CT molecular complexity index is 589. The predicted molar refractivity (Wildman–Crippen MR) is 58.6 cm³/mol. The van der Waals surface area contributed by atoms with Crippen LogP contribution < -0.4 is 10.3 Å². The van der Waals surface area contributed by atoms with Gasteiger partial charge in [0.15, 0.2) is 0 Å². The van der Waals surface area contributed by atoms with Crippen LogP contribution >= 0.6 is 0 Å². The van der Waals surface area contributed by atoms with E-state index in [-0.39, 0.29) is 12.1 Å². The SMILES string of the molecule is COc1cccc2ncn(CC=O)c(=O)c12. The Morgan fingerprint density at radius 1 is 1.50 bits per heavy atom. The third-order valence-corrected chi connectivity index (χ3v) is 2.31. The summed E-state index contributed by atoms with van der Waals surface area (Å²) in [5, 5.41) is 0.398. The van der Waals surface area contributed by atoms with Crippen LogP contribution in [0.3, 0.4) is 0 Å². The van der Waals surface area contributed by atoms with Gasteiger partial charge < -0.3 is 9.53 Å². The summed E-state index contributed by atoms with van der Waals surface area (Å²) in [6.07, 6.45) is 2.02. The van der Waals surface area contributed by atoms with Gasteiger partial charge >= 0.3 is 0 Å². The molecule has 1 heterocycles. The lowest BCUT2D eigenvalue weighted by molar-refractivity contribution is -0.108. The lowest BCUT2D eigenvalue weighted by atomic mass is 10.2. The van der Waals surface area contributed by atoms with Crippen LogP contribution in [-0.4, -0.2) is 22.9 Å². The van der Waals surface area contributed by atoms with Crippen LogP contribution in [0.5, 0.6) is 5.75 Å². The molecule has 0 saturated carbocycles. The zero-order chi connectivity index (χ0) is 11.5. The van der Waals surface area contributed by atoms with E-state index in [0.29, 0.717) is 22.9 Å². The molecule has 1 aromatic carbocycles. The summed E-state index contributed by atoms with van der Waals surface area (Å²) in [6.45, 7) is -0.000177. The summed E-state index contributed by atoms with van der Waals surface area (Å²) in [5.74, 6) is 0.468. The number of carbonyl (C=O) groups is 1. The molecule has 0 aliphatic carbocycles. The van der Waals surface area contributed by atoms with E-state index in [1.54, 1.807) is 18.2 Å². The minimum absolute atomic E-state index is 0.000177. The zero-order valence-electron chi connectivity index (χ0n) is 8.71. The second-order valence-corrected chi connectivity index (χ2v) is 3.22. The topological polar surface area (TPSA) is 61.2 Å². The van der Waals surface area contributed by atoms with E-state index in [2.05, 4.69) is 4.98 Å². The molecule has 1 aromatic heterocycles. The van der Waals surface area contributed by atoms with Crippen LogP contribution in [0.1, 0.15) is 0 Å². The van der Waals surface area contributed by atoms with E-state index in [9.17, 15) is 9.59 Å². The van der Waals surface area contributed by atoms with E-state index in [4.69, 9.17) is 4.74 Å². The third kappa shape index (κ3) is 1.56. The maximum atomic E-state index is 12.0. The molecule has 0 saturated heterocycles. The van der Waals surface area contributed by atoms with Gasteiger partial charge in [0.1, 0.15) is 17.4 Å². The van der Waals surface area contributed by atoms with Crippen LogP contribution in [0.4, 0.5) is 0 Å². The van der Waals surface area contributed by atoms with Crippen molar-refractivity contribution in [1.29, 1.82) is 0 Å². The van der Waals surface area contributed by atoms with Crippen molar-refractivity contribution in [1.82, 2.24) is 9.55 Å². The highest BCUT2D eigenvalue weighted by atomic mass is 16.5. The molecule has 0 fully saturated rings. The molecule has 0 amide bonds. The molecule has 2 rings (SSSR count). The molecule has 2 aromatic rings. The number of aldehydes is 1. The van der Waals surface area contributed by atoms with Gasteiger partial charge in [-0.2, -0.15) is 0 Å². The Balaban J connectivity index is 2.80. The van der Waals surface area contributed by atoms with Crippen molar-refractivity contribution in [2.75, 3.05) is 7.11 Å². The summed E-state index contributed by atoms with van der Waals surface area (Å²) < 4.78 is 6.35. The van der Waals surface area contributed by atoms with Gasteiger partial charge in [0.2, 0.25) is 0 Å². The van der Waals surface area contributed by atoms with Gasteiger partial charge in [0.05, 0.1) is 25.5 Å². The maximum Gasteiger partial charge on any atom is 0.265 e. The summed E-state index contributed by atoms with van der Waals surface area (Å²) in [6, 6.07) is 5.18. The first-order valence-corrected chi connectivity index (χ1v) is 4.73. The molecule has 0 aliphatic rings. The van der Waals surface area contributed by atoms with Gasteiger partial charge in [0, 0.05) is 0 Å². The second-order valence-electron chi connectivity index (χ2n) is 3.22. The van der Waals surface area contributed by atoms with Crippen molar-refractivity contribution < 1.29 is 9.53 Å². The van der Waals surface area contributed by atoms with Gasteiger partial charge in [-0.05, 0) is 12.1 Å². The van der Waals surface area contributed by atoms with Crippen LogP contribution in [-0.2, 0) is 11.3 Å². The van der Waals surface area contributed by atoms with Crippen LogP contribution in [0.2, 0.25) is 0 Å². The number of aromatic nitrogens is 2. The van der Waals surface area contributed by atoms with Crippen molar-refractivity contribution in [2.45, 2.75) is 6.54 Å². The van der Waals surface area contributed by atoms with E-state index in [1.807, 2.05) is 0 Å². The Morgan fingerprint density at radius 3 is 3.00 bits per heavy atom. The molecule has 0 N–H and O–H groups in total.